The van der Waals surface area contributed by atoms with Gasteiger partial charge in [-0.2, -0.15) is 0 Å². The SMILES string of the molecule is C#C/C(NC)=C(/C)c1cccc(CCc2ccc3cc(O)ccc3c2)c1.CC. The van der Waals surface area contributed by atoms with Crippen LogP contribution in [0, 0.1) is 12.3 Å². The summed E-state index contributed by atoms with van der Waals surface area (Å²) in [6.07, 6.45) is 7.50. The maximum atomic E-state index is 9.58. The number of hydrogen-bond donors (Lipinski definition) is 2. The minimum Gasteiger partial charge on any atom is -0.508 e. The summed E-state index contributed by atoms with van der Waals surface area (Å²) < 4.78 is 0. The number of hydrogen-bond acceptors (Lipinski definition) is 2. The highest BCUT2D eigenvalue weighted by Gasteiger charge is 2.04. The van der Waals surface area contributed by atoms with Gasteiger partial charge in [0.1, 0.15) is 5.75 Å². The van der Waals surface area contributed by atoms with Gasteiger partial charge in [0.25, 0.3) is 0 Å². The van der Waals surface area contributed by atoms with Crippen molar-refractivity contribution in [1.29, 1.82) is 0 Å². The summed E-state index contributed by atoms with van der Waals surface area (Å²) in [4.78, 5) is 0. The Labute approximate surface area is 168 Å². The van der Waals surface area contributed by atoms with Gasteiger partial charge in [0, 0.05) is 7.05 Å². The molecule has 0 aliphatic rings. The predicted molar refractivity (Wildman–Crippen MR) is 121 cm³/mol. The van der Waals surface area contributed by atoms with Gasteiger partial charge in [0.15, 0.2) is 0 Å². The first-order valence-electron chi connectivity index (χ1n) is 9.77. The molecule has 3 rings (SSSR count). The van der Waals surface area contributed by atoms with Crippen LogP contribution in [0.3, 0.4) is 0 Å². The first kappa shape index (κ1) is 21.1. The van der Waals surface area contributed by atoms with Gasteiger partial charge >= 0.3 is 0 Å². The third-order valence-electron chi connectivity index (χ3n) is 4.72. The number of allylic oxidation sites excluding steroid dienone is 2. The second-order valence-electron chi connectivity index (χ2n) is 6.46. The Morgan fingerprint density at radius 1 is 0.929 bits per heavy atom. The zero-order valence-electron chi connectivity index (χ0n) is 17.2. The number of benzene rings is 3. The van der Waals surface area contributed by atoms with E-state index in [0.29, 0.717) is 5.75 Å². The van der Waals surface area contributed by atoms with Gasteiger partial charge in [-0.3, -0.25) is 0 Å². The molecule has 0 bridgehead atoms. The topological polar surface area (TPSA) is 32.3 Å². The summed E-state index contributed by atoms with van der Waals surface area (Å²) in [5, 5.41) is 14.9. The molecule has 0 radical (unpaired) electrons. The van der Waals surface area contributed by atoms with Crippen LogP contribution in [0.1, 0.15) is 37.5 Å². The summed E-state index contributed by atoms with van der Waals surface area (Å²) in [6.45, 7) is 6.05. The first-order chi connectivity index (χ1) is 13.6. The molecular formula is C26H29NO. The molecule has 0 aliphatic carbocycles. The Morgan fingerprint density at radius 3 is 2.25 bits per heavy atom. The Hall–Kier alpha value is -3.18. The second-order valence-corrected chi connectivity index (χ2v) is 6.46. The number of aryl methyl sites for hydroxylation is 2. The van der Waals surface area contributed by atoms with E-state index >= 15 is 0 Å². The van der Waals surface area contributed by atoms with E-state index < -0.39 is 0 Å². The molecule has 2 heteroatoms. The third-order valence-corrected chi connectivity index (χ3v) is 4.72. The quantitative estimate of drug-likeness (QED) is 0.544. The molecule has 0 atom stereocenters. The van der Waals surface area contributed by atoms with E-state index in [1.165, 1.54) is 11.1 Å². The van der Waals surface area contributed by atoms with Gasteiger partial charge in [-0.1, -0.05) is 68.3 Å². The molecule has 0 spiro atoms. The Bertz CT molecular complexity index is 1010. The predicted octanol–water partition coefficient (Wildman–Crippen LogP) is 5.94. The Balaban J connectivity index is 0.00000136. The molecule has 0 saturated carbocycles. The number of phenolic OH excluding ortho intramolecular Hbond substituents is 1. The lowest BCUT2D eigenvalue weighted by molar-refractivity contribution is 0.476. The van der Waals surface area contributed by atoms with Crippen molar-refractivity contribution in [1.82, 2.24) is 5.32 Å². The van der Waals surface area contributed by atoms with E-state index in [9.17, 15) is 5.11 Å². The number of rotatable bonds is 5. The average Bonchev–Trinajstić information content (AvgIpc) is 2.74. The number of aromatic hydroxyl groups is 1. The molecule has 0 saturated heterocycles. The minimum atomic E-state index is 0.304. The number of nitrogens with one attached hydrogen (secondary N) is 1. The van der Waals surface area contributed by atoms with Crippen molar-refractivity contribution < 1.29 is 5.11 Å². The first-order valence-corrected chi connectivity index (χ1v) is 9.77. The minimum absolute atomic E-state index is 0.304. The monoisotopic (exact) mass is 371 g/mol. The van der Waals surface area contributed by atoms with E-state index in [1.54, 1.807) is 12.1 Å². The van der Waals surface area contributed by atoms with Gasteiger partial charge < -0.3 is 10.4 Å². The molecule has 0 unspecified atom stereocenters. The lowest BCUT2D eigenvalue weighted by Gasteiger charge is -2.09. The zero-order valence-corrected chi connectivity index (χ0v) is 17.2. The van der Waals surface area contributed by atoms with Gasteiger partial charge in [0.05, 0.1) is 5.70 Å². The number of terminal acetylenes is 1. The summed E-state index contributed by atoms with van der Waals surface area (Å²) in [7, 11) is 1.85. The van der Waals surface area contributed by atoms with Crippen LogP contribution in [0.15, 0.2) is 66.4 Å². The number of phenols is 1. The molecule has 3 aromatic rings. The molecule has 28 heavy (non-hydrogen) atoms. The van der Waals surface area contributed by atoms with Gasteiger partial charge in [-0.05, 0) is 64.9 Å². The van der Waals surface area contributed by atoms with Crippen molar-refractivity contribution in [2.24, 2.45) is 0 Å². The molecule has 144 valence electrons. The summed E-state index contributed by atoms with van der Waals surface area (Å²) >= 11 is 0. The Kier molecular flexibility index (Phi) is 7.72. The highest BCUT2D eigenvalue weighted by Crippen LogP contribution is 2.23. The number of fused-ring (bicyclic) bond motifs is 1. The van der Waals surface area contributed by atoms with Crippen LogP contribution in [-0.4, -0.2) is 12.2 Å². The van der Waals surface area contributed by atoms with Crippen LogP contribution in [0.25, 0.3) is 16.3 Å². The van der Waals surface area contributed by atoms with Crippen molar-refractivity contribution in [3.63, 3.8) is 0 Å². The standard InChI is InChI=1S/C24H23NO.C2H6/c1-4-24(25-3)17(2)20-7-5-6-18(14-20)8-9-19-10-11-22-16-23(26)13-12-21(22)15-19;1-2/h1,5-7,10-16,25-26H,8-9H2,2-3H3;1-2H3/b24-17+;. The lowest BCUT2D eigenvalue weighted by Crippen LogP contribution is -2.05. The van der Waals surface area contributed by atoms with Crippen molar-refractivity contribution in [2.75, 3.05) is 7.05 Å². The normalized spacial score (nSPS) is 11.1. The van der Waals surface area contributed by atoms with E-state index in [0.717, 1.165) is 40.4 Å². The summed E-state index contributed by atoms with van der Waals surface area (Å²) in [6, 6.07) is 20.4. The van der Waals surface area contributed by atoms with Crippen molar-refractivity contribution in [2.45, 2.75) is 33.6 Å². The molecule has 2 N–H and O–H groups in total. The Morgan fingerprint density at radius 2 is 1.57 bits per heavy atom. The average molecular weight is 372 g/mol. The third kappa shape index (κ3) is 5.18. The van der Waals surface area contributed by atoms with E-state index in [4.69, 9.17) is 6.42 Å². The fourth-order valence-corrected chi connectivity index (χ4v) is 3.20. The van der Waals surface area contributed by atoms with E-state index in [1.807, 2.05) is 33.9 Å². The fourth-order valence-electron chi connectivity index (χ4n) is 3.20. The van der Waals surface area contributed by atoms with Gasteiger partial charge in [-0.15, -0.1) is 6.42 Å². The summed E-state index contributed by atoms with van der Waals surface area (Å²) in [5.74, 6) is 3.00. The molecule has 0 aliphatic heterocycles. The summed E-state index contributed by atoms with van der Waals surface area (Å²) in [5.41, 5.74) is 5.64. The fraction of sp³-hybridized carbons (Fsp3) is 0.231. The van der Waals surface area contributed by atoms with Crippen LogP contribution in [0.5, 0.6) is 5.75 Å². The maximum absolute atomic E-state index is 9.58. The van der Waals surface area contributed by atoms with E-state index in [-0.39, 0.29) is 0 Å². The molecule has 0 aromatic heterocycles. The van der Waals surface area contributed by atoms with Crippen LogP contribution < -0.4 is 5.32 Å². The zero-order chi connectivity index (χ0) is 20.5. The smallest absolute Gasteiger partial charge is 0.116 e. The molecule has 0 amide bonds. The molecule has 3 aromatic carbocycles. The van der Waals surface area contributed by atoms with Gasteiger partial charge in [-0.25, -0.2) is 0 Å². The van der Waals surface area contributed by atoms with Gasteiger partial charge in [0.2, 0.25) is 0 Å². The maximum Gasteiger partial charge on any atom is 0.116 e. The molecule has 2 nitrogen and oxygen atoms in total. The largest absolute Gasteiger partial charge is 0.508 e. The molecular weight excluding hydrogens is 342 g/mol. The highest BCUT2D eigenvalue weighted by atomic mass is 16.3. The lowest BCUT2D eigenvalue weighted by atomic mass is 9.98. The highest BCUT2D eigenvalue weighted by molar-refractivity contribution is 5.84. The van der Waals surface area contributed by atoms with Crippen LogP contribution in [0.4, 0.5) is 0 Å². The van der Waals surface area contributed by atoms with Crippen LogP contribution >= 0.6 is 0 Å². The van der Waals surface area contributed by atoms with Crippen molar-refractivity contribution in [3.8, 4) is 18.1 Å². The van der Waals surface area contributed by atoms with Crippen molar-refractivity contribution in [3.05, 3.63) is 83.1 Å². The van der Waals surface area contributed by atoms with Crippen LogP contribution in [-0.2, 0) is 12.8 Å². The molecule has 0 heterocycles. The van der Waals surface area contributed by atoms with Crippen molar-refractivity contribution >= 4 is 16.3 Å². The van der Waals surface area contributed by atoms with Crippen LogP contribution in [0.2, 0.25) is 0 Å². The van der Waals surface area contributed by atoms with E-state index in [2.05, 4.69) is 53.7 Å². The second kappa shape index (κ2) is 10.2. The molecule has 0 fully saturated rings.